The molecule has 0 aliphatic heterocycles. The van der Waals surface area contributed by atoms with Crippen LogP contribution in [0.4, 0.5) is 5.69 Å². The highest BCUT2D eigenvalue weighted by atomic mass is 16.5. The summed E-state index contributed by atoms with van der Waals surface area (Å²) < 4.78 is 5.68. The number of amides is 1. The van der Waals surface area contributed by atoms with Crippen molar-refractivity contribution in [3.63, 3.8) is 0 Å². The molecule has 126 valence electrons. The molecule has 0 aromatic heterocycles. The van der Waals surface area contributed by atoms with Gasteiger partial charge in [0.25, 0.3) is 5.91 Å². The van der Waals surface area contributed by atoms with Gasteiger partial charge in [0.05, 0.1) is 5.69 Å². The predicted octanol–water partition coefficient (Wildman–Crippen LogP) is 5.19. The fourth-order valence-electron chi connectivity index (χ4n) is 2.21. The summed E-state index contributed by atoms with van der Waals surface area (Å²) in [7, 11) is 0. The monoisotopic (exact) mass is 323 g/mol. The van der Waals surface area contributed by atoms with E-state index in [-0.39, 0.29) is 11.3 Å². The second-order valence-corrected chi connectivity index (χ2v) is 7.02. The second-order valence-electron chi connectivity index (χ2n) is 7.02. The van der Waals surface area contributed by atoms with Gasteiger partial charge >= 0.3 is 0 Å². The normalized spacial score (nSPS) is 11.0. The van der Waals surface area contributed by atoms with Crippen molar-refractivity contribution in [2.24, 2.45) is 0 Å². The third kappa shape index (κ3) is 4.72. The summed E-state index contributed by atoms with van der Waals surface area (Å²) in [6.45, 7) is 12.6. The number of hydrogen-bond acceptors (Lipinski definition) is 2. The summed E-state index contributed by atoms with van der Waals surface area (Å²) in [5, 5.41) is 2.92. The number of ether oxygens (including phenoxy) is 1. The van der Waals surface area contributed by atoms with Crippen molar-refractivity contribution in [1.82, 2.24) is 0 Å². The van der Waals surface area contributed by atoms with Gasteiger partial charge in [-0.15, -0.1) is 0 Å². The first-order valence-electron chi connectivity index (χ1n) is 8.05. The van der Waals surface area contributed by atoms with E-state index in [1.165, 1.54) is 5.56 Å². The Balaban J connectivity index is 2.13. The molecule has 0 spiro atoms. The molecule has 3 nitrogen and oxygen atoms in total. The third-order valence-corrected chi connectivity index (χ3v) is 3.62. The average molecular weight is 323 g/mol. The van der Waals surface area contributed by atoms with Gasteiger partial charge in [-0.3, -0.25) is 4.79 Å². The highest BCUT2D eigenvalue weighted by Crippen LogP contribution is 2.26. The number of nitrogens with one attached hydrogen (secondary N) is 1. The van der Waals surface area contributed by atoms with Crippen molar-refractivity contribution in [2.75, 3.05) is 11.9 Å². The molecule has 0 saturated heterocycles. The zero-order valence-corrected chi connectivity index (χ0v) is 14.8. The van der Waals surface area contributed by atoms with Crippen molar-refractivity contribution in [1.29, 1.82) is 0 Å². The van der Waals surface area contributed by atoms with Gasteiger partial charge < -0.3 is 10.1 Å². The highest BCUT2D eigenvalue weighted by molar-refractivity contribution is 6.05. The fourth-order valence-corrected chi connectivity index (χ4v) is 2.21. The summed E-state index contributed by atoms with van der Waals surface area (Å²) in [6, 6.07) is 15.1. The minimum Gasteiger partial charge on any atom is -0.487 e. The Morgan fingerprint density at radius 3 is 2.29 bits per heavy atom. The first-order valence-corrected chi connectivity index (χ1v) is 8.05. The topological polar surface area (TPSA) is 38.3 Å². The second kappa shape index (κ2) is 7.35. The predicted molar refractivity (Wildman–Crippen MR) is 99.8 cm³/mol. The van der Waals surface area contributed by atoms with Crippen LogP contribution in [-0.2, 0) is 5.41 Å². The van der Waals surface area contributed by atoms with Crippen LogP contribution in [0.1, 0.15) is 43.6 Å². The van der Waals surface area contributed by atoms with Gasteiger partial charge in [-0.2, -0.15) is 0 Å². The maximum absolute atomic E-state index is 12.5. The van der Waals surface area contributed by atoms with Crippen LogP contribution < -0.4 is 10.1 Å². The largest absolute Gasteiger partial charge is 0.487 e. The summed E-state index contributed by atoms with van der Waals surface area (Å²) in [5.41, 5.74) is 3.47. The molecule has 1 amide bonds. The molecule has 0 saturated carbocycles. The maximum Gasteiger partial charge on any atom is 0.255 e. The van der Waals surface area contributed by atoms with Gasteiger partial charge in [0.2, 0.25) is 0 Å². The number of anilines is 1. The Hall–Kier alpha value is -2.55. The molecule has 2 aromatic rings. The number of para-hydroxylation sites is 2. The summed E-state index contributed by atoms with van der Waals surface area (Å²) in [6.07, 6.45) is 0. The molecule has 1 N–H and O–H groups in total. The molecule has 0 radical (unpaired) electrons. The van der Waals surface area contributed by atoms with Crippen LogP contribution in [0.25, 0.3) is 0 Å². The lowest BCUT2D eigenvalue weighted by Crippen LogP contribution is -2.15. The fraction of sp³-hybridized carbons (Fsp3) is 0.286. The van der Waals surface area contributed by atoms with Crippen molar-refractivity contribution < 1.29 is 9.53 Å². The standard InChI is InChI=1S/C21H25NO2/c1-15(2)14-24-19-9-7-6-8-18(19)22-20(23)16-10-12-17(13-11-16)21(3,4)5/h6-13H,1,14H2,2-5H3,(H,22,23). The SMILES string of the molecule is C=C(C)COc1ccccc1NC(=O)c1ccc(C(C)(C)C)cc1. The smallest absolute Gasteiger partial charge is 0.255 e. The Kier molecular flexibility index (Phi) is 5.45. The molecule has 0 fully saturated rings. The molecule has 0 aliphatic rings. The molecule has 2 aromatic carbocycles. The lowest BCUT2D eigenvalue weighted by Gasteiger charge is -2.19. The van der Waals surface area contributed by atoms with Crippen LogP contribution >= 0.6 is 0 Å². The minimum absolute atomic E-state index is 0.0675. The number of benzene rings is 2. The van der Waals surface area contributed by atoms with Crippen LogP contribution in [0.3, 0.4) is 0 Å². The van der Waals surface area contributed by atoms with E-state index in [1.807, 2.05) is 55.5 Å². The van der Waals surface area contributed by atoms with Crippen LogP contribution in [0, 0.1) is 0 Å². The molecule has 0 aliphatic carbocycles. The summed E-state index contributed by atoms with van der Waals surface area (Å²) >= 11 is 0. The van der Waals surface area contributed by atoms with Gasteiger partial charge in [0.1, 0.15) is 12.4 Å². The molecule has 0 heterocycles. The van der Waals surface area contributed by atoms with Gasteiger partial charge in [-0.25, -0.2) is 0 Å². The first kappa shape index (κ1) is 17.8. The Morgan fingerprint density at radius 2 is 1.71 bits per heavy atom. The molecule has 0 atom stereocenters. The van der Waals surface area contributed by atoms with Crippen molar-refractivity contribution in [3.05, 3.63) is 71.8 Å². The quantitative estimate of drug-likeness (QED) is 0.769. The molecule has 0 unspecified atom stereocenters. The van der Waals surface area contributed by atoms with Gasteiger partial charge in [0, 0.05) is 5.56 Å². The average Bonchev–Trinajstić information content (AvgIpc) is 2.53. The van der Waals surface area contributed by atoms with Crippen molar-refractivity contribution >= 4 is 11.6 Å². The third-order valence-electron chi connectivity index (χ3n) is 3.62. The molecule has 3 heteroatoms. The Bertz CT molecular complexity index is 724. The van der Waals surface area contributed by atoms with E-state index in [2.05, 4.69) is 32.7 Å². The summed E-state index contributed by atoms with van der Waals surface area (Å²) in [4.78, 5) is 12.5. The van der Waals surface area contributed by atoms with Gasteiger partial charge in [0.15, 0.2) is 0 Å². The van der Waals surface area contributed by atoms with Gasteiger partial charge in [-0.1, -0.05) is 51.6 Å². The molecule has 2 rings (SSSR count). The van der Waals surface area contributed by atoms with Crippen LogP contribution in [0.5, 0.6) is 5.75 Å². The number of rotatable bonds is 5. The number of carbonyl (C=O) groups excluding carboxylic acids is 1. The summed E-state index contributed by atoms with van der Waals surface area (Å²) in [5.74, 6) is 0.488. The zero-order chi connectivity index (χ0) is 17.7. The number of carbonyl (C=O) groups is 1. The zero-order valence-electron chi connectivity index (χ0n) is 14.8. The van der Waals surface area contributed by atoms with Crippen LogP contribution in [-0.4, -0.2) is 12.5 Å². The molecular weight excluding hydrogens is 298 g/mol. The van der Waals surface area contributed by atoms with Crippen LogP contribution in [0.2, 0.25) is 0 Å². The Labute approximate surface area is 144 Å². The van der Waals surface area contributed by atoms with Crippen molar-refractivity contribution in [2.45, 2.75) is 33.1 Å². The van der Waals surface area contributed by atoms with E-state index in [4.69, 9.17) is 4.74 Å². The van der Waals surface area contributed by atoms with E-state index >= 15 is 0 Å². The lowest BCUT2D eigenvalue weighted by atomic mass is 9.87. The van der Waals surface area contributed by atoms with E-state index in [0.29, 0.717) is 23.6 Å². The van der Waals surface area contributed by atoms with E-state index in [0.717, 1.165) is 5.57 Å². The highest BCUT2D eigenvalue weighted by Gasteiger charge is 2.15. The van der Waals surface area contributed by atoms with E-state index in [1.54, 1.807) is 0 Å². The molecular formula is C21H25NO2. The minimum atomic E-state index is -0.151. The molecule has 0 bridgehead atoms. The van der Waals surface area contributed by atoms with Crippen LogP contribution in [0.15, 0.2) is 60.7 Å². The van der Waals surface area contributed by atoms with E-state index < -0.39 is 0 Å². The Morgan fingerprint density at radius 1 is 1.08 bits per heavy atom. The molecule has 24 heavy (non-hydrogen) atoms. The maximum atomic E-state index is 12.5. The van der Waals surface area contributed by atoms with Crippen molar-refractivity contribution in [3.8, 4) is 5.75 Å². The van der Waals surface area contributed by atoms with E-state index in [9.17, 15) is 4.79 Å². The van der Waals surface area contributed by atoms with Gasteiger partial charge in [-0.05, 0) is 47.7 Å². The first-order chi connectivity index (χ1) is 11.3. The number of hydrogen-bond donors (Lipinski definition) is 1. The lowest BCUT2D eigenvalue weighted by molar-refractivity contribution is 0.102.